The number of piperazine rings is 1. The van der Waals surface area contributed by atoms with Crippen molar-refractivity contribution in [3.63, 3.8) is 0 Å². The maximum atomic E-state index is 15.0. The first-order valence-electron chi connectivity index (χ1n) is 11.8. The number of carbonyl (C=O) groups excluding carboxylic acids is 2. The third-order valence-corrected chi connectivity index (χ3v) is 6.43. The van der Waals surface area contributed by atoms with Crippen molar-refractivity contribution in [2.24, 2.45) is 0 Å². The van der Waals surface area contributed by atoms with Crippen molar-refractivity contribution in [1.82, 2.24) is 10.6 Å². The Balaban J connectivity index is 1.43. The molecule has 0 unspecified atom stereocenters. The second-order valence-corrected chi connectivity index (χ2v) is 9.29. The third-order valence-electron chi connectivity index (χ3n) is 6.43. The van der Waals surface area contributed by atoms with E-state index >= 15 is 4.39 Å². The molecular weight excluding hydrogens is 462 g/mol. The van der Waals surface area contributed by atoms with Gasteiger partial charge in [-0.1, -0.05) is 18.2 Å². The van der Waals surface area contributed by atoms with E-state index in [2.05, 4.69) is 29.8 Å². The Morgan fingerprint density at radius 1 is 0.861 bits per heavy atom. The van der Waals surface area contributed by atoms with Crippen LogP contribution in [0.5, 0.6) is 0 Å². The van der Waals surface area contributed by atoms with Crippen LogP contribution in [0.3, 0.4) is 0 Å². The summed E-state index contributed by atoms with van der Waals surface area (Å²) in [5, 5.41) is 8.77. The fourth-order valence-corrected chi connectivity index (χ4v) is 4.82. The number of fused-ring (bicyclic) bond motifs is 1. The Labute approximate surface area is 208 Å². The highest BCUT2D eigenvalue weighted by atomic mass is 19.1. The number of hydrogen-bond acceptors (Lipinski definition) is 5. The lowest BCUT2D eigenvalue weighted by molar-refractivity contribution is -0.114. The molecule has 8 heteroatoms. The van der Waals surface area contributed by atoms with Gasteiger partial charge in [-0.05, 0) is 67.4 Å². The van der Waals surface area contributed by atoms with Gasteiger partial charge in [-0.2, -0.15) is 0 Å². The zero-order valence-electron chi connectivity index (χ0n) is 19.9. The summed E-state index contributed by atoms with van der Waals surface area (Å²) in [6, 6.07) is 16.5. The van der Waals surface area contributed by atoms with Crippen molar-refractivity contribution in [2.45, 2.75) is 25.9 Å². The summed E-state index contributed by atoms with van der Waals surface area (Å²) < 4.78 is 28.4. The molecule has 2 heterocycles. The van der Waals surface area contributed by atoms with Crippen LogP contribution in [0.2, 0.25) is 0 Å². The maximum Gasteiger partial charge on any atom is 0.260 e. The molecule has 2 aliphatic heterocycles. The average molecular weight is 489 g/mol. The molecule has 0 aliphatic carbocycles. The Morgan fingerprint density at radius 2 is 1.56 bits per heavy atom. The molecule has 0 radical (unpaired) electrons. The first-order chi connectivity index (χ1) is 17.3. The molecule has 2 amide bonds. The molecular formula is C28H26F2N4O2. The first kappa shape index (κ1) is 23.7. The zero-order valence-corrected chi connectivity index (χ0v) is 19.9. The topological polar surface area (TPSA) is 73.5 Å². The SMILES string of the molecule is C[C@@H]1CN(c2ccc(N/C=C3\C(=O)NC(=O)c4ccc(-c5ccc(F)cc5)cc43)cc2F)C[C@H](C)N1. The van der Waals surface area contributed by atoms with Crippen molar-refractivity contribution >= 4 is 28.8 Å². The van der Waals surface area contributed by atoms with Crippen LogP contribution in [-0.2, 0) is 4.79 Å². The highest BCUT2D eigenvalue weighted by molar-refractivity contribution is 6.31. The fraction of sp³-hybridized carbons (Fsp3) is 0.214. The number of rotatable bonds is 4. The predicted molar refractivity (Wildman–Crippen MR) is 137 cm³/mol. The minimum Gasteiger partial charge on any atom is -0.366 e. The number of carbonyl (C=O) groups is 2. The highest BCUT2D eigenvalue weighted by Gasteiger charge is 2.28. The van der Waals surface area contributed by atoms with Crippen molar-refractivity contribution < 1.29 is 18.4 Å². The molecule has 0 bridgehead atoms. The van der Waals surface area contributed by atoms with Crippen molar-refractivity contribution in [1.29, 1.82) is 0 Å². The number of halogens is 2. The largest absolute Gasteiger partial charge is 0.366 e. The molecule has 3 aromatic carbocycles. The predicted octanol–water partition coefficient (Wildman–Crippen LogP) is 4.54. The van der Waals surface area contributed by atoms with Gasteiger partial charge >= 0.3 is 0 Å². The van der Waals surface area contributed by atoms with E-state index in [0.717, 1.165) is 11.1 Å². The van der Waals surface area contributed by atoms with E-state index in [1.165, 1.54) is 24.4 Å². The Hall–Kier alpha value is -4.04. The lowest BCUT2D eigenvalue weighted by Crippen LogP contribution is -2.54. The van der Waals surface area contributed by atoms with E-state index in [4.69, 9.17) is 0 Å². The van der Waals surface area contributed by atoms with Gasteiger partial charge in [0, 0.05) is 48.2 Å². The van der Waals surface area contributed by atoms with Crippen molar-refractivity contribution in [2.75, 3.05) is 23.3 Å². The van der Waals surface area contributed by atoms with E-state index in [-0.39, 0.29) is 29.3 Å². The Bertz CT molecular complexity index is 1360. The molecule has 3 aromatic rings. The number of imide groups is 1. The van der Waals surface area contributed by atoms with Crippen LogP contribution in [-0.4, -0.2) is 37.0 Å². The molecule has 5 rings (SSSR count). The summed E-state index contributed by atoms with van der Waals surface area (Å²) >= 11 is 0. The van der Waals surface area contributed by atoms with Crippen LogP contribution in [0.4, 0.5) is 20.2 Å². The lowest BCUT2D eigenvalue weighted by atomic mass is 9.91. The van der Waals surface area contributed by atoms with Crippen LogP contribution in [0.15, 0.2) is 66.9 Å². The maximum absolute atomic E-state index is 15.0. The van der Waals surface area contributed by atoms with Gasteiger partial charge in [0.2, 0.25) is 0 Å². The van der Waals surface area contributed by atoms with Crippen LogP contribution >= 0.6 is 0 Å². The van der Waals surface area contributed by atoms with Gasteiger partial charge < -0.3 is 15.5 Å². The molecule has 36 heavy (non-hydrogen) atoms. The standard InChI is InChI=1S/C28H26F2N4O2/c1-16-14-34(15-17(2)32-16)26-10-8-21(12-25(26)30)31-13-24-23-11-19(18-3-6-20(29)7-4-18)5-9-22(23)27(35)33-28(24)36/h3-13,16-17,31-32H,14-15H2,1-2H3,(H,33,35,36)/b24-13-/t16-,17+. The Morgan fingerprint density at radius 3 is 2.25 bits per heavy atom. The molecule has 184 valence electrons. The van der Waals surface area contributed by atoms with E-state index < -0.39 is 11.8 Å². The number of anilines is 2. The van der Waals surface area contributed by atoms with Crippen LogP contribution in [0.1, 0.15) is 29.8 Å². The fourth-order valence-electron chi connectivity index (χ4n) is 4.82. The quantitative estimate of drug-likeness (QED) is 0.372. The van der Waals surface area contributed by atoms with Crippen LogP contribution in [0, 0.1) is 11.6 Å². The van der Waals surface area contributed by atoms with Crippen LogP contribution < -0.4 is 20.9 Å². The Kier molecular flexibility index (Phi) is 6.28. The molecule has 2 aliphatic rings. The second-order valence-electron chi connectivity index (χ2n) is 9.29. The molecule has 1 saturated heterocycles. The van der Waals surface area contributed by atoms with Gasteiger partial charge in [0.25, 0.3) is 11.8 Å². The average Bonchev–Trinajstić information content (AvgIpc) is 2.83. The van der Waals surface area contributed by atoms with Crippen molar-refractivity contribution in [3.05, 3.63) is 89.6 Å². The van der Waals surface area contributed by atoms with E-state index in [0.29, 0.717) is 35.6 Å². The van der Waals surface area contributed by atoms with Gasteiger partial charge in [0.1, 0.15) is 11.6 Å². The van der Waals surface area contributed by atoms with Gasteiger partial charge in [-0.15, -0.1) is 0 Å². The van der Waals surface area contributed by atoms with Gasteiger partial charge in [-0.25, -0.2) is 8.78 Å². The monoisotopic (exact) mass is 488 g/mol. The number of nitrogens with one attached hydrogen (secondary N) is 3. The summed E-state index contributed by atoms with van der Waals surface area (Å²) in [4.78, 5) is 27.1. The normalized spacial score (nSPS) is 20.8. The highest BCUT2D eigenvalue weighted by Crippen LogP contribution is 2.31. The number of nitrogens with zero attached hydrogens (tertiary/aromatic N) is 1. The lowest BCUT2D eigenvalue weighted by Gasteiger charge is -2.37. The molecule has 0 spiro atoms. The summed E-state index contributed by atoms with van der Waals surface area (Å²) in [5.74, 6) is -1.76. The number of hydrogen-bond donors (Lipinski definition) is 3. The minimum atomic E-state index is -0.558. The van der Waals surface area contributed by atoms with Gasteiger partial charge in [0.05, 0.1) is 11.3 Å². The van der Waals surface area contributed by atoms with E-state index in [9.17, 15) is 14.0 Å². The summed E-state index contributed by atoms with van der Waals surface area (Å²) in [6.07, 6.45) is 1.47. The summed E-state index contributed by atoms with van der Waals surface area (Å²) in [6.45, 7) is 5.56. The third kappa shape index (κ3) is 4.72. The smallest absolute Gasteiger partial charge is 0.260 e. The van der Waals surface area contributed by atoms with Gasteiger partial charge in [-0.3, -0.25) is 14.9 Å². The van der Waals surface area contributed by atoms with E-state index in [1.807, 2.05) is 4.90 Å². The molecule has 0 saturated carbocycles. The molecule has 1 fully saturated rings. The van der Waals surface area contributed by atoms with Crippen LogP contribution in [0.25, 0.3) is 16.7 Å². The summed E-state index contributed by atoms with van der Waals surface area (Å²) in [7, 11) is 0. The minimum absolute atomic E-state index is 0.239. The second kappa shape index (κ2) is 9.54. The number of amides is 2. The van der Waals surface area contributed by atoms with Crippen molar-refractivity contribution in [3.8, 4) is 11.1 Å². The molecule has 6 nitrogen and oxygen atoms in total. The number of benzene rings is 3. The van der Waals surface area contributed by atoms with Gasteiger partial charge in [0.15, 0.2) is 0 Å². The molecule has 2 atom stereocenters. The zero-order chi connectivity index (χ0) is 25.4. The molecule has 0 aromatic heterocycles. The summed E-state index contributed by atoms with van der Waals surface area (Å²) in [5.41, 5.74) is 3.51. The van der Waals surface area contributed by atoms with E-state index in [1.54, 1.807) is 42.5 Å². The molecule has 3 N–H and O–H groups in total. The first-order valence-corrected chi connectivity index (χ1v) is 11.8.